The summed E-state index contributed by atoms with van der Waals surface area (Å²) in [5, 5.41) is 0. The maximum Gasteiger partial charge on any atom is 0.133 e. The minimum atomic E-state index is -0.233. The quantitative estimate of drug-likeness (QED) is 0.805. The largest absolute Gasteiger partial charge is 0.300 e. The molecule has 1 aromatic carbocycles. The van der Waals surface area contributed by atoms with E-state index in [0.29, 0.717) is 18.6 Å². The van der Waals surface area contributed by atoms with Crippen LogP contribution in [0, 0.1) is 11.2 Å². The van der Waals surface area contributed by atoms with Crippen molar-refractivity contribution >= 4 is 21.7 Å². The Morgan fingerprint density at radius 1 is 1.50 bits per heavy atom. The van der Waals surface area contributed by atoms with E-state index in [1.165, 1.54) is 12.1 Å². The first kappa shape index (κ1) is 11.8. The lowest BCUT2D eigenvalue weighted by Gasteiger charge is -2.23. The Kier molecular flexibility index (Phi) is 3.15. The smallest absolute Gasteiger partial charge is 0.133 e. The van der Waals surface area contributed by atoms with Crippen molar-refractivity contribution in [2.75, 3.05) is 0 Å². The Hall–Kier alpha value is -0.700. The molecule has 1 nitrogen and oxygen atoms in total. The third-order valence-electron chi connectivity index (χ3n) is 3.26. The van der Waals surface area contributed by atoms with Crippen molar-refractivity contribution in [1.82, 2.24) is 0 Å². The van der Waals surface area contributed by atoms with E-state index in [1.54, 1.807) is 6.07 Å². The van der Waals surface area contributed by atoms with Crippen LogP contribution in [0.1, 0.15) is 31.7 Å². The van der Waals surface area contributed by atoms with Crippen LogP contribution in [0.15, 0.2) is 22.7 Å². The van der Waals surface area contributed by atoms with Gasteiger partial charge in [0.1, 0.15) is 11.6 Å². The van der Waals surface area contributed by atoms with Crippen molar-refractivity contribution in [3.63, 3.8) is 0 Å². The van der Waals surface area contributed by atoms with Crippen molar-refractivity contribution in [3.05, 3.63) is 34.1 Å². The number of carbonyl (C=O) groups excluding carboxylic acids is 1. The van der Waals surface area contributed by atoms with Gasteiger partial charge in [0.15, 0.2) is 0 Å². The van der Waals surface area contributed by atoms with E-state index in [4.69, 9.17) is 0 Å². The number of halogens is 2. The lowest BCUT2D eigenvalue weighted by atomic mass is 9.82. The molecule has 1 fully saturated rings. The fourth-order valence-electron chi connectivity index (χ4n) is 2.37. The standard InChI is InChI=1S/C13H14BrFO/c1-13(5-4-11(16)8-13)7-9-2-3-10(15)6-12(9)14/h2-3,6H,4-5,7-8H2,1H3. The first-order chi connectivity index (χ1) is 7.48. The maximum atomic E-state index is 12.9. The van der Waals surface area contributed by atoms with E-state index in [1.807, 2.05) is 0 Å². The van der Waals surface area contributed by atoms with Gasteiger partial charge in [0, 0.05) is 17.3 Å². The molecule has 2 rings (SSSR count). The zero-order valence-electron chi connectivity index (χ0n) is 9.22. The van der Waals surface area contributed by atoms with Gasteiger partial charge in [-0.25, -0.2) is 4.39 Å². The summed E-state index contributed by atoms with van der Waals surface area (Å²) < 4.78 is 13.7. The normalized spacial score (nSPS) is 25.1. The van der Waals surface area contributed by atoms with Crippen molar-refractivity contribution < 1.29 is 9.18 Å². The Balaban J connectivity index is 2.17. The number of hydrogen-bond acceptors (Lipinski definition) is 1. The lowest BCUT2D eigenvalue weighted by Crippen LogP contribution is -2.16. The van der Waals surface area contributed by atoms with Gasteiger partial charge >= 0.3 is 0 Å². The summed E-state index contributed by atoms with van der Waals surface area (Å²) in [6.45, 7) is 2.13. The maximum absolute atomic E-state index is 12.9. The number of benzene rings is 1. The molecule has 0 saturated heterocycles. The van der Waals surface area contributed by atoms with Crippen LogP contribution in [-0.4, -0.2) is 5.78 Å². The fourth-order valence-corrected chi connectivity index (χ4v) is 2.86. The molecular weight excluding hydrogens is 271 g/mol. The van der Waals surface area contributed by atoms with Crippen molar-refractivity contribution in [2.24, 2.45) is 5.41 Å². The van der Waals surface area contributed by atoms with E-state index in [-0.39, 0.29) is 11.2 Å². The van der Waals surface area contributed by atoms with Crippen LogP contribution in [0.2, 0.25) is 0 Å². The fraction of sp³-hybridized carbons (Fsp3) is 0.462. The van der Waals surface area contributed by atoms with Gasteiger partial charge < -0.3 is 0 Å². The molecule has 0 N–H and O–H groups in total. The molecule has 1 atom stereocenters. The molecule has 0 heterocycles. The monoisotopic (exact) mass is 284 g/mol. The predicted molar refractivity (Wildman–Crippen MR) is 64.8 cm³/mol. The molecule has 0 bridgehead atoms. The van der Waals surface area contributed by atoms with E-state index in [2.05, 4.69) is 22.9 Å². The Labute approximate surface area is 103 Å². The van der Waals surface area contributed by atoms with Gasteiger partial charge in [-0.1, -0.05) is 28.9 Å². The molecule has 0 aliphatic heterocycles. The highest BCUT2D eigenvalue weighted by Crippen LogP contribution is 2.39. The second-order valence-corrected chi connectivity index (χ2v) is 5.79. The van der Waals surface area contributed by atoms with E-state index in [0.717, 1.165) is 22.9 Å². The van der Waals surface area contributed by atoms with E-state index >= 15 is 0 Å². The number of rotatable bonds is 2. The van der Waals surface area contributed by atoms with Crippen molar-refractivity contribution in [2.45, 2.75) is 32.6 Å². The molecule has 16 heavy (non-hydrogen) atoms. The highest BCUT2D eigenvalue weighted by Gasteiger charge is 2.34. The molecule has 0 radical (unpaired) electrons. The summed E-state index contributed by atoms with van der Waals surface area (Å²) in [7, 11) is 0. The average Bonchev–Trinajstić information content (AvgIpc) is 2.52. The number of ketones is 1. The average molecular weight is 285 g/mol. The molecule has 1 aliphatic rings. The van der Waals surface area contributed by atoms with Gasteiger partial charge in [-0.2, -0.15) is 0 Å². The zero-order valence-corrected chi connectivity index (χ0v) is 10.8. The number of hydrogen-bond donors (Lipinski definition) is 0. The molecule has 0 spiro atoms. The molecule has 0 amide bonds. The lowest BCUT2D eigenvalue weighted by molar-refractivity contribution is -0.117. The summed E-state index contributed by atoms with van der Waals surface area (Å²) >= 11 is 3.37. The zero-order chi connectivity index (χ0) is 11.8. The molecule has 0 aromatic heterocycles. The van der Waals surface area contributed by atoms with Crippen molar-refractivity contribution in [1.29, 1.82) is 0 Å². The Bertz CT molecular complexity index is 430. The molecule has 1 unspecified atom stereocenters. The summed E-state index contributed by atoms with van der Waals surface area (Å²) in [6.07, 6.45) is 3.11. The van der Waals surface area contributed by atoms with Crippen LogP contribution in [0.25, 0.3) is 0 Å². The summed E-state index contributed by atoms with van der Waals surface area (Å²) in [5.74, 6) is 0.115. The predicted octanol–water partition coefficient (Wildman–Crippen LogP) is 3.89. The minimum Gasteiger partial charge on any atom is -0.300 e. The van der Waals surface area contributed by atoms with Crippen LogP contribution in [0.4, 0.5) is 4.39 Å². The summed E-state index contributed by atoms with van der Waals surface area (Å²) in [5.41, 5.74) is 1.14. The Morgan fingerprint density at radius 2 is 2.25 bits per heavy atom. The second kappa shape index (κ2) is 4.28. The van der Waals surface area contributed by atoms with Gasteiger partial charge in [0.05, 0.1) is 0 Å². The minimum absolute atomic E-state index is 0.0530. The molecule has 86 valence electrons. The third-order valence-corrected chi connectivity index (χ3v) is 4.00. The summed E-state index contributed by atoms with van der Waals surface area (Å²) in [6, 6.07) is 4.75. The topological polar surface area (TPSA) is 17.1 Å². The highest BCUT2D eigenvalue weighted by molar-refractivity contribution is 9.10. The number of Topliss-reactive ketones (excluding diaryl/α,β-unsaturated/α-hetero) is 1. The van der Waals surface area contributed by atoms with Crippen LogP contribution < -0.4 is 0 Å². The van der Waals surface area contributed by atoms with Gasteiger partial charge in [-0.05, 0) is 36.0 Å². The third kappa shape index (κ3) is 2.51. The van der Waals surface area contributed by atoms with Gasteiger partial charge in [-0.3, -0.25) is 4.79 Å². The van der Waals surface area contributed by atoms with Crippen LogP contribution in [-0.2, 0) is 11.2 Å². The molecular formula is C13H14BrFO. The van der Waals surface area contributed by atoms with Crippen LogP contribution >= 0.6 is 15.9 Å². The molecule has 1 aromatic rings. The SMILES string of the molecule is CC1(Cc2ccc(F)cc2Br)CCC(=O)C1. The van der Waals surface area contributed by atoms with E-state index in [9.17, 15) is 9.18 Å². The van der Waals surface area contributed by atoms with Crippen LogP contribution in [0.5, 0.6) is 0 Å². The first-order valence-corrected chi connectivity index (χ1v) is 6.23. The van der Waals surface area contributed by atoms with Gasteiger partial charge in [0.2, 0.25) is 0 Å². The second-order valence-electron chi connectivity index (χ2n) is 4.94. The number of carbonyl (C=O) groups is 1. The molecule has 1 saturated carbocycles. The Morgan fingerprint density at radius 3 is 2.81 bits per heavy atom. The van der Waals surface area contributed by atoms with E-state index < -0.39 is 0 Å². The summed E-state index contributed by atoms with van der Waals surface area (Å²) in [4.78, 5) is 11.3. The highest BCUT2D eigenvalue weighted by atomic mass is 79.9. The van der Waals surface area contributed by atoms with Gasteiger partial charge in [-0.15, -0.1) is 0 Å². The van der Waals surface area contributed by atoms with Gasteiger partial charge in [0.25, 0.3) is 0 Å². The molecule has 3 heteroatoms. The first-order valence-electron chi connectivity index (χ1n) is 5.44. The van der Waals surface area contributed by atoms with Crippen LogP contribution in [0.3, 0.4) is 0 Å². The van der Waals surface area contributed by atoms with Crippen molar-refractivity contribution in [3.8, 4) is 0 Å². The molecule has 1 aliphatic carbocycles.